The van der Waals surface area contributed by atoms with Crippen molar-refractivity contribution in [3.05, 3.63) is 53.3 Å². The van der Waals surface area contributed by atoms with E-state index in [1.807, 2.05) is 30.3 Å². The van der Waals surface area contributed by atoms with Crippen LogP contribution in [0.4, 0.5) is 9.18 Å². The van der Waals surface area contributed by atoms with Crippen molar-refractivity contribution in [2.75, 3.05) is 26.7 Å². The molecule has 2 aromatic rings. The summed E-state index contributed by atoms with van der Waals surface area (Å²) in [5.41, 5.74) is 2.98. The van der Waals surface area contributed by atoms with Crippen molar-refractivity contribution in [1.29, 1.82) is 0 Å². The number of methoxy groups -OCH3 is 1. The van der Waals surface area contributed by atoms with E-state index in [0.717, 1.165) is 55.6 Å². The fraction of sp³-hybridized carbons (Fsp3) is 0.500. The van der Waals surface area contributed by atoms with Gasteiger partial charge in [-0.1, -0.05) is 26.0 Å². The van der Waals surface area contributed by atoms with E-state index in [0.29, 0.717) is 17.2 Å². The van der Waals surface area contributed by atoms with Crippen LogP contribution in [0.2, 0.25) is 0 Å². The van der Waals surface area contributed by atoms with Gasteiger partial charge in [0.25, 0.3) is 0 Å². The number of rotatable bonds is 4. The Bertz CT molecular complexity index is 1030. The van der Waals surface area contributed by atoms with Crippen LogP contribution in [-0.4, -0.2) is 43.8 Å². The van der Waals surface area contributed by atoms with E-state index in [4.69, 9.17) is 9.47 Å². The summed E-state index contributed by atoms with van der Waals surface area (Å²) in [7, 11) is 1.60. The summed E-state index contributed by atoms with van der Waals surface area (Å²) in [6.45, 7) is 7.24. The molecule has 3 aliphatic heterocycles. The van der Waals surface area contributed by atoms with Crippen molar-refractivity contribution in [3.63, 3.8) is 0 Å². The molecule has 0 spiro atoms. The Morgan fingerprint density at radius 1 is 1.19 bits per heavy atom. The lowest BCUT2D eigenvalue weighted by Crippen LogP contribution is -2.53. The van der Waals surface area contributed by atoms with Crippen LogP contribution in [0, 0.1) is 17.2 Å². The normalized spacial score (nSPS) is 27.6. The Kier molecular flexibility index (Phi) is 5.36. The monoisotopic (exact) mass is 438 g/mol. The van der Waals surface area contributed by atoms with Crippen LogP contribution in [0.1, 0.15) is 43.9 Å². The Hall–Kier alpha value is -2.60. The average molecular weight is 439 g/mol. The molecule has 6 heteroatoms. The maximum atomic E-state index is 15.2. The van der Waals surface area contributed by atoms with Crippen LogP contribution >= 0.6 is 0 Å². The first kappa shape index (κ1) is 21.3. The summed E-state index contributed by atoms with van der Waals surface area (Å²) >= 11 is 0. The Labute approximate surface area is 188 Å². The van der Waals surface area contributed by atoms with Crippen molar-refractivity contribution in [2.45, 2.75) is 45.3 Å². The van der Waals surface area contributed by atoms with E-state index in [1.54, 1.807) is 13.2 Å². The minimum absolute atomic E-state index is 0.0475. The number of piperidine rings is 3. The molecule has 0 saturated carbocycles. The summed E-state index contributed by atoms with van der Waals surface area (Å²) in [4.78, 5) is 15.2. The second-order valence-corrected chi connectivity index (χ2v) is 10.1. The Morgan fingerprint density at radius 2 is 1.97 bits per heavy atom. The number of amides is 1. The second kappa shape index (κ2) is 8.07. The smallest absolute Gasteiger partial charge is 0.407 e. The summed E-state index contributed by atoms with van der Waals surface area (Å²) in [6.07, 6.45) is 2.49. The van der Waals surface area contributed by atoms with Crippen molar-refractivity contribution in [3.8, 4) is 16.9 Å². The highest BCUT2D eigenvalue weighted by Gasteiger charge is 2.42. The van der Waals surface area contributed by atoms with Crippen LogP contribution in [0.15, 0.2) is 36.4 Å². The van der Waals surface area contributed by atoms with Crippen molar-refractivity contribution >= 4 is 6.09 Å². The average Bonchev–Trinajstić information content (AvgIpc) is 3.03. The lowest BCUT2D eigenvalue weighted by molar-refractivity contribution is -0.0349. The number of benzene rings is 2. The van der Waals surface area contributed by atoms with Gasteiger partial charge in [-0.25, -0.2) is 9.18 Å². The van der Waals surface area contributed by atoms with Crippen LogP contribution in [0.25, 0.3) is 11.1 Å². The molecule has 3 saturated heterocycles. The van der Waals surface area contributed by atoms with E-state index in [9.17, 15) is 4.79 Å². The zero-order chi connectivity index (χ0) is 22.5. The zero-order valence-corrected chi connectivity index (χ0v) is 19.0. The summed E-state index contributed by atoms with van der Waals surface area (Å²) in [6, 6.07) is 10.6. The fourth-order valence-electron chi connectivity index (χ4n) is 5.69. The van der Waals surface area contributed by atoms with Gasteiger partial charge in [0.15, 0.2) is 0 Å². The number of hydrogen-bond donors (Lipinski definition) is 1. The molecule has 4 aliphatic rings. The van der Waals surface area contributed by atoms with Gasteiger partial charge in [-0.15, -0.1) is 0 Å². The van der Waals surface area contributed by atoms with Gasteiger partial charge in [0.2, 0.25) is 0 Å². The van der Waals surface area contributed by atoms with Crippen LogP contribution in [0.3, 0.4) is 0 Å². The minimum atomic E-state index is -0.396. The minimum Gasteiger partial charge on any atom is -0.497 e. The van der Waals surface area contributed by atoms with Crippen molar-refractivity contribution < 1.29 is 18.7 Å². The molecule has 6 rings (SSSR count). The number of hydrogen-bond acceptors (Lipinski definition) is 4. The highest BCUT2D eigenvalue weighted by Crippen LogP contribution is 2.47. The van der Waals surface area contributed by atoms with E-state index in [1.165, 1.54) is 0 Å². The van der Waals surface area contributed by atoms with Gasteiger partial charge in [0.05, 0.1) is 13.2 Å². The number of carbonyl (C=O) groups excluding carboxylic acids is 1. The molecule has 3 heterocycles. The number of fused-ring (bicyclic) bond motifs is 4. The lowest BCUT2D eigenvalue weighted by atomic mass is 9.85. The predicted octanol–water partition coefficient (Wildman–Crippen LogP) is 4.95. The number of carbonyl (C=O) groups is 1. The third-order valence-corrected chi connectivity index (χ3v) is 7.46. The van der Waals surface area contributed by atoms with Gasteiger partial charge in [0, 0.05) is 12.1 Å². The maximum absolute atomic E-state index is 15.2. The summed E-state index contributed by atoms with van der Waals surface area (Å²) in [5, 5.41) is 3.07. The highest BCUT2D eigenvalue weighted by atomic mass is 19.1. The number of ether oxygens (including phenoxy) is 2. The van der Waals surface area contributed by atoms with Gasteiger partial charge in [-0.3, -0.25) is 4.90 Å². The zero-order valence-electron chi connectivity index (χ0n) is 19.0. The first-order valence-corrected chi connectivity index (χ1v) is 11.5. The first-order chi connectivity index (χ1) is 15.3. The number of nitrogens with one attached hydrogen (secondary N) is 1. The lowest BCUT2D eigenvalue weighted by Gasteiger charge is -2.44. The molecule has 0 aromatic heterocycles. The fourth-order valence-corrected chi connectivity index (χ4v) is 5.69. The molecule has 1 amide bonds. The molecule has 3 fully saturated rings. The molecular formula is C26H31FN2O3. The van der Waals surface area contributed by atoms with E-state index in [2.05, 4.69) is 24.1 Å². The molecule has 32 heavy (non-hydrogen) atoms. The van der Waals surface area contributed by atoms with Gasteiger partial charge in [-0.2, -0.15) is 0 Å². The standard InChI is InChI=1S/C26H31FN2O3/c1-26(2)14-18-12-20(17-5-4-6-19(11-17)31-3)22(27)13-21(18)24(26)28-25(30)32-23-15-29-9-7-16(23)8-10-29/h4-6,11-13,16,23-24H,7-10,14-15H2,1-3H3,(H,28,30)/t23-,24+/m1/s1. The molecular weight excluding hydrogens is 407 g/mol. The highest BCUT2D eigenvalue weighted by molar-refractivity contribution is 5.71. The molecule has 1 aliphatic carbocycles. The van der Waals surface area contributed by atoms with Crippen LogP contribution < -0.4 is 10.1 Å². The topological polar surface area (TPSA) is 50.8 Å². The van der Waals surface area contributed by atoms with Crippen LogP contribution in [-0.2, 0) is 11.2 Å². The van der Waals surface area contributed by atoms with Gasteiger partial charge in [0.1, 0.15) is 17.7 Å². The molecule has 1 N–H and O–H groups in total. The largest absolute Gasteiger partial charge is 0.497 e. The molecule has 170 valence electrons. The molecule has 2 bridgehead atoms. The van der Waals surface area contributed by atoms with Crippen molar-refractivity contribution in [2.24, 2.45) is 11.3 Å². The summed E-state index contributed by atoms with van der Waals surface area (Å²) in [5.74, 6) is 0.850. The first-order valence-electron chi connectivity index (χ1n) is 11.5. The van der Waals surface area contributed by atoms with Gasteiger partial charge >= 0.3 is 6.09 Å². The number of halogens is 1. The van der Waals surface area contributed by atoms with Crippen molar-refractivity contribution in [1.82, 2.24) is 10.2 Å². The van der Waals surface area contributed by atoms with Gasteiger partial charge in [-0.05, 0) is 84.6 Å². The molecule has 5 nitrogen and oxygen atoms in total. The molecule has 2 aromatic carbocycles. The van der Waals surface area contributed by atoms with Crippen LogP contribution in [0.5, 0.6) is 5.75 Å². The molecule has 2 atom stereocenters. The quantitative estimate of drug-likeness (QED) is 0.734. The van der Waals surface area contributed by atoms with Gasteiger partial charge < -0.3 is 14.8 Å². The Morgan fingerprint density at radius 3 is 2.66 bits per heavy atom. The van der Waals surface area contributed by atoms with E-state index < -0.39 is 6.09 Å². The van der Waals surface area contributed by atoms with E-state index >= 15 is 4.39 Å². The molecule has 0 radical (unpaired) electrons. The summed E-state index contributed by atoms with van der Waals surface area (Å²) < 4.78 is 26.4. The second-order valence-electron chi connectivity index (χ2n) is 10.1. The maximum Gasteiger partial charge on any atom is 0.407 e. The predicted molar refractivity (Wildman–Crippen MR) is 121 cm³/mol. The third kappa shape index (κ3) is 3.85. The Balaban J connectivity index is 1.37. The number of nitrogens with zero attached hydrogens (tertiary/aromatic N) is 1. The molecule has 0 unspecified atom stereocenters. The third-order valence-electron chi connectivity index (χ3n) is 7.46. The number of alkyl carbamates (subject to hydrolysis) is 1. The SMILES string of the molecule is COc1cccc(-c2cc3c(cc2F)[C@H](NC(=O)O[C@@H]2CN4CCC2CC4)C(C)(C)C3)c1. The van der Waals surface area contributed by atoms with E-state index in [-0.39, 0.29) is 23.4 Å².